The van der Waals surface area contributed by atoms with Gasteiger partial charge in [-0.3, -0.25) is 9.36 Å². The third-order valence-corrected chi connectivity index (χ3v) is 6.33. The van der Waals surface area contributed by atoms with Crippen LogP contribution in [0.2, 0.25) is 0 Å². The highest BCUT2D eigenvalue weighted by Crippen LogP contribution is 2.33. The van der Waals surface area contributed by atoms with Gasteiger partial charge in [0.15, 0.2) is 0 Å². The molecule has 0 aliphatic heterocycles. The van der Waals surface area contributed by atoms with E-state index in [9.17, 15) is 14.3 Å². The number of aromatic nitrogens is 1. The van der Waals surface area contributed by atoms with E-state index in [-0.39, 0.29) is 11.1 Å². The van der Waals surface area contributed by atoms with Gasteiger partial charge in [-0.25, -0.2) is 4.98 Å². The van der Waals surface area contributed by atoms with Crippen LogP contribution in [0, 0.1) is 0 Å². The number of benzene rings is 3. The summed E-state index contributed by atoms with van der Waals surface area (Å²) < 4.78 is 23.7. The summed E-state index contributed by atoms with van der Waals surface area (Å²) in [6.45, 7) is 1.91. The minimum atomic E-state index is -3.42. The van der Waals surface area contributed by atoms with E-state index in [1.54, 1.807) is 18.2 Å². The largest absolute Gasteiger partial charge is 0.489 e. The number of hydrogen-bond donors (Lipinski definition) is 2. The quantitative estimate of drug-likeness (QED) is 0.321. The van der Waals surface area contributed by atoms with E-state index in [1.807, 2.05) is 60.7 Å². The van der Waals surface area contributed by atoms with Crippen LogP contribution in [-0.2, 0) is 17.8 Å². The average Bonchev–Trinajstić information content (AvgIpc) is 2.87. The van der Waals surface area contributed by atoms with Crippen LogP contribution in [0.3, 0.4) is 0 Å². The summed E-state index contributed by atoms with van der Waals surface area (Å²) in [4.78, 5) is 26.7. The molecule has 0 aliphatic carbocycles. The van der Waals surface area contributed by atoms with Crippen LogP contribution < -0.4 is 20.1 Å². The number of rotatable bonds is 9. The van der Waals surface area contributed by atoms with Gasteiger partial charge in [0, 0.05) is 24.5 Å². The van der Waals surface area contributed by atoms with Gasteiger partial charge >= 0.3 is 0 Å². The molecule has 0 aliphatic rings. The second kappa shape index (κ2) is 11.0. The fourth-order valence-electron chi connectivity index (χ4n) is 3.25. The van der Waals surface area contributed by atoms with Crippen molar-refractivity contribution in [2.75, 3.05) is 12.0 Å². The fraction of sp³-hybridized carbons (Fsp3) is 0.111. The summed E-state index contributed by atoms with van der Waals surface area (Å²) in [6, 6.07) is 27.4. The van der Waals surface area contributed by atoms with Gasteiger partial charge in [0.05, 0.1) is 5.30 Å². The molecular formula is C27H25N2O5P. The number of carbonyl (C=O) groups excluding carboxylic acids is 1. The molecule has 0 saturated heterocycles. The Labute approximate surface area is 203 Å². The van der Waals surface area contributed by atoms with Crippen LogP contribution in [0.4, 0.5) is 5.82 Å². The Kier molecular flexibility index (Phi) is 7.60. The summed E-state index contributed by atoms with van der Waals surface area (Å²) in [7, 11) is -3.42. The Bertz CT molecular complexity index is 1260. The summed E-state index contributed by atoms with van der Waals surface area (Å²) in [5.74, 6) is 0.818. The molecule has 1 unspecified atom stereocenters. The van der Waals surface area contributed by atoms with E-state index in [1.165, 1.54) is 25.0 Å². The number of nitrogens with one attached hydrogen (secondary N) is 1. The molecule has 0 saturated carbocycles. The molecule has 1 amide bonds. The second-order valence-electron chi connectivity index (χ2n) is 7.98. The minimum absolute atomic E-state index is 0.211. The Balaban J connectivity index is 1.53. The summed E-state index contributed by atoms with van der Waals surface area (Å²) in [5.41, 5.74) is 2.32. The third kappa shape index (κ3) is 7.03. The zero-order valence-electron chi connectivity index (χ0n) is 19.1. The van der Waals surface area contributed by atoms with Gasteiger partial charge < -0.3 is 19.7 Å². The predicted molar refractivity (Wildman–Crippen MR) is 136 cm³/mol. The van der Waals surface area contributed by atoms with E-state index in [4.69, 9.17) is 9.47 Å². The van der Waals surface area contributed by atoms with Gasteiger partial charge in [-0.15, -0.1) is 0 Å². The molecular weight excluding hydrogens is 463 g/mol. The normalized spacial score (nSPS) is 12.4. The molecule has 8 heteroatoms. The first-order valence-corrected chi connectivity index (χ1v) is 13.0. The van der Waals surface area contributed by atoms with Crippen molar-refractivity contribution in [3.05, 3.63) is 114 Å². The Morgan fingerprint density at radius 3 is 1.86 bits per heavy atom. The van der Waals surface area contributed by atoms with Crippen molar-refractivity contribution in [2.45, 2.75) is 13.2 Å². The Hall–Kier alpha value is -3.93. The molecule has 1 heterocycles. The number of carbonyl (C=O) groups is 1. The molecule has 0 radical (unpaired) electrons. The highest BCUT2D eigenvalue weighted by Gasteiger charge is 2.15. The number of amides is 1. The zero-order valence-corrected chi connectivity index (χ0v) is 20.0. The van der Waals surface area contributed by atoms with Gasteiger partial charge in [0.25, 0.3) is 5.91 Å². The topological polar surface area (TPSA) is 97.8 Å². The lowest BCUT2D eigenvalue weighted by Crippen LogP contribution is -2.15. The summed E-state index contributed by atoms with van der Waals surface area (Å²) in [5, 5.41) is 2.92. The maximum absolute atomic E-state index is 13.0. The monoisotopic (exact) mass is 488 g/mol. The maximum atomic E-state index is 13.0. The van der Waals surface area contributed by atoms with Crippen LogP contribution in [0.25, 0.3) is 0 Å². The first-order chi connectivity index (χ1) is 16.9. The molecule has 1 atom stereocenters. The van der Waals surface area contributed by atoms with E-state index < -0.39 is 13.3 Å². The molecule has 0 spiro atoms. The molecule has 0 bridgehead atoms. The Morgan fingerprint density at radius 2 is 1.40 bits per heavy atom. The lowest BCUT2D eigenvalue weighted by molar-refractivity contribution is 0.102. The number of hydrogen-bond acceptors (Lipinski definition) is 5. The molecule has 4 rings (SSSR count). The molecule has 178 valence electrons. The first kappa shape index (κ1) is 24.2. The lowest BCUT2D eigenvalue weighted by Gasteiger charge is -2.13. The van der Waals surface area contributed by atoms with Crippen LogP contribution in [0.15, 0.2) is 97.2 Å². The van der Waals surface area contributed by atoms with E-state index >= 15 is 0 Å². The van der Waals surface area contributed by atoms with Crippen LogP contribution in [0.1, 0.15) is 21.5 Å². The van der Waals surface area contributed by atoms with Crippen molar-refractivity contribution in [3.63, 3.8) is 0 Å². The van der Waals surface area contributed by atoms with Crippen molar-refractivity contribution < 1.29 is 23.7 Å². The van der Waals surface area contributed by atoms with Crippen LogP contribution in [0.5, 0.6) is 11.5 Å². The van der Waals surface area contributed by atoms with E-state index in [2.05, 4.69) is 10.3 Å². The van der Waals surface area contributed by atoms with Gasteiger partial charge in [0.1, 0.15) is 30.5 Å². The zero-order chi connectivity index (χ0) is 24.7. The minimum Gasteiger partial charge on any atom is -0.489 e. The highest BCUT2D eigenvalue weighted by atomic mass is 31.2. The van der Waals surface area contributed by atoms with E-state index in [0.29, 0.717) is 30.3 Å². The van der Waals surface area contributed by atoms with Crippen molar-refractivity contribution in [2.24, 2.45) is 0 Å². The van der Waals surface area contributed by atoms with Crippen LogP contribution in [-0.4, -0.2) is 22.4 Å². The average molecular weight is 488 g/mol. The molecule has 35 heavy (non-hydrogen) atoms. The van der Waals surface area contributed by atoms with Crippen LogP contribution >= 0.6 is 7.37 Å². The highest BCUT2D eigenvalue weighted by molar-refractivity contribution is 7.65. The number of nitrogens with zero attached hydrogens (tertiary/aromatic N) is 1. The van der Waals surface area contributed by atoms with Gasteiger partial charge in [-0.05, 0) is 35.4 Å². The third-order valence-electron chi connectivity index (χ3n) is 5.11. The number of anilines is 1. The second-order valence-corrected chi connectivity index (χ2v) is 10.3. The van der Waals surface area contributed by atoms with Gasteiger partial charge in [-0.2, -0.15) is 0 Å². The fourth-order valence-corrected chi connectivity index (χ4v) is 3.87. The molecule has 3 aromatic carbocycles. The molecule has 4 aromatic rings. The van der Waals surface area contributed by atoms with Crippen molar-refractivity contribution in [1.82, 2.24) is 4.98 Å². The Morgan fingerprint density at radius 1 is 0.857 bits per heavy atom. The van der Waals surface area contributed by atoms with Crippen molar-refractivity contribution in [1.29, 1.82) is 0 Å². The molecule has 2 N–H and O–H groups in total. The summed E-state index contributed by atoms with van der Waals surface area (Å²) >= 11 is 0. The van der Waals surface area contributed by atoms with Gasteiger partial charge in [-0.1, -0.05) is 60.7 Å². The number of ether oxygens (including phenoxy) is 2. The van der Waals surface area contributed by atoms with E-state index in [0.717, 1.165) is 11.1 Å². The molecule has 7 nitrogen and oxygen atoms in total. The van der Waals surface area contributed by atoms with Crippen molar-refractivity contribution in [3.8, 4) is 11.5 Å². The number of pyridine rings is 1. The summed E-state index contributed by atoms with van der Waals surface area (Å²) in [6.07, 6.45) is 1.28. The maximum Gasteiger partial charge on any atom is 0.257 e. The SMILES string of the molecule is CP(=O)(O)c1ccc(NC(=O)c2cc(OCc3ccccc3)cc(OCc3ccccc3)c2)nc1. The predicted octanol–water partition coefficient (Wildman–Crippen LogP) is 5.02. The van der Waals surface area contributed by atoms with Gasteiger partial charge in [0.2, 0.25) is 7.37 Å². The lowest BCUT2D eigenvalue weighted by atomic mass is 10.1. The smallest absolute Gasteiger partial charge is 0.257 e. The molecule has 0 fully saturated rings. The molecule has 1 aromatic heterocycles. The first-order valence-electron chi connectivity index (χ1n) is 10.9. The standard InChI is InChI=1S/C27H25N2O5P/c1-35(31,32)25-12-13-26(28-17-25)29-27(30)22-14-23(33-18-20-8-4-2-5-9-20)16-24(15-22)34-19-21-10-6-3-7-11-21/h2-17H,18-19H2,1H3,(H,31,32)(H,28,29,30). The van der Waals surface area contributed by atoms with Crippen molar-refractivity contribution >= 4 is 24.4 Å².